The topological polar surface area (TPSA) is 180 Å². The van der Waals surface area contributed by atoms with E-state index in [4.69, 9.17) is 0 Å². The smallest absolute Gasteiger partial charge is 0.290 e. The second-order valence-electron chi connectivity index (χ2n) is 14.1. The van der Waals surface area contributed by atoms with Crippen molar-refractivity contribution in [2.75, 3.05) is 6.54 Å². The van der Waals surface area contributed by atoms with E-state index in [9.17, 15) is 28.8 Å². The van der Waals surface area contributed by atoms with Crippen molar-refractivity contribution in [3.63, 3.8) is 0 Å². The zero-order valence-corrected chi connectivity index (χ0v) is 29.8. The zero-order chi connectivity index (χ0) is 36.5. The van der Waals surface area contributed by atoms with Gasteiger partial charge in [0.05, 0.1) is 18.3 Å². The van der Waals surface area contributed by atoms with E-state index in [2.05, 4.69) is 31.2 Å². The second kappa shape index (κ2) is 17.3. The minimum absolute atomic E-state index is 0.0583. The molecule has 4 N–H and O–H groups in total. The number of aromatic nitrogens is 2. The monoisotopic (exact) mass is 689 g/mol. The highest BCUT2D eigenvalue weighted by Gasteiger charge is 2.51. The van der Waals surface area contributed by atoms with Crippen LogP contribution in [-0.4, -0.2) is 80.9 Å². The Morgan fingerprint density at radius 1 is 0.860 bits per heavy atom. The number of amides is 5. The number of nitrogens with one attached hydrogen (secondary N) is 4. The van der Waals surface area contributed by atoms with Crippen molar-refractivity contribution in [3.8, 4) is 0 Å². The number of hydrogen-bond acceptors (Lipinski definition) is 8. The van der Waals surface area contributed by atoms with Gasteiger partial charge in [-0.3, -0.25) is 33.8 Å². The molecule has 0 spiro atoms. The number of likely N-dealkylation sites (tertiary alicyclic amines) is 1. The molecule has 13 heteroatoms. The van der Waals surface area contributed by atoms with Gasteiger partial charge in [0.15, 0.2) is 0 Å². The summed E-state index contributed by atoms with van der Waals surface area (Å²) in [6, 6.07) is 5.01. The van der Waals surface area contributed by atoms with Gasteiger partial charge in [0, 0.05) is 18.9 Å². The first-order chi connectivity index (χ1) is 23.8. The van der Waals surface area contributed by atoms with Crippen LogP contribution in [0.4, 0.5) is 0 Å². The van der Waals surface area contributed by atoms with Crippen LogP contribution in [0.1, 0.15) is 95.7 Å². The van der Waals surface area contributed by atoms with Crippen molar-refractivity contribution in [2.45, 2.75) is 104 Å². The summed E-state index contributed by atoms with van der Waals surface area (Å²) in [7, 11) is 0. The lowest BCUT2D eigenvalue weighted by atomic mass is 9.92. The molecule has 50 heavy (non-hydrogen) atoms. The molecule has 4 rings (SSSR count). The molecule has 5 amide bonds. The number of benzene rings is 1. The molecule has 13 nitrogen and oxygen atoms in total. The van der Waals surface area contributed by atoms with E-state index in [1.807, 2.05) is 51.1 Å². The number of ketones is 1. The lowest BCUT2D eigenvalue weighted by Gasteiger charge is -2.34. The maximum absolute atomic E-state index is 14.3. The molecule has 0 bridgehead atoms. The predicted molar refractivity (Wildman–Crippen MR) is 186 cm³/mol. The average molecular weight is 690 g/mol. The Hall–Kier alpha value is -4.68. The molecular formula is C37H51N7O6. The third-order valence-corrected chi connectivity index (χ3v) is 9.79. The number of Topliss-reactive ketones (excluding diaryl/α,β-unsaturated/α-hetero) is 1. The fraction of sp³-hybridized carbons (Fsp3) is 0.568. The van der Waals surface area contributed by atoms with Crippen LogP contribution >= 0.6 is 0 Å². The molecule has 2 aromatic rings. The fourth-order valence-electron chi connectivity index (χ4n) is 7.04. The van der Waals surface area contributed by atoms with Gasteiger partial charge in [0.25, 0.3) is 11.8 Å². The molecule has 1 aliphatic heterocycles. The molecule has 2 heterocycles. The van der Waals surface area contributed by atoms with Gasteiger partial charge in [-0.05, 0) is 55.4 Å². The second-order valence-corrected chi connectivity index (χ2v) is 14.1. The molecule has 1 aromatic heterocycles. The summed E-state index contributed by atoms with van der Waals surface area (Å²) >= 11 is 0. The molecule has 270 valence electrons. The van der Waals surface area contributed by atoms with Gasteiger partial charge in [0.2, 0.25) is 23.5 Å². The van der Waals surface area contributed by atoms with E-state index in [-0.39, 0.29) is 35.8 Å². The molecule has 0 radical (unpaired) electrons. The maximum Gasteiger partial charge on any atom is 0.290 e. The van der Waals surface area contributed by atoms with Gasteiger partial charge in [-0.15, -0.1) is 0 Å². The molecule has 1 saturated heterocycles. The average Bonchev–Trinajstić information content (AvgIpc) is 3.71. The van der Waals surface area contributed by atoms with E-state index in [1.54, 1.807) is 25.7 Å². The summed E-state index contributed by atoms with van der Waals surface area (Å²) in [5.74, 6) is -4.18. The molecular weight excluding hydrogens is 638 g/mol. The Morgan fingerprint density at radius 2 is 1.56 bits per heavy atom. The van der Waals surface area contributed by atoms with E-state index in [0.29, 0.717) is 13.0 Å². The van der Waals surface area contributed by atoms with Crippen LogP contribution in [0.2, 0.25) is 0 Å². The van der Waals surface area contributed by atoms with Crippen LogP contribution < -0.4 is 21.3 Å². The van der Waals surface area contributed by atoms with E-state index < -0.39 is 65.5 Å². The minimum Gasteiger partial charge on any atom is -0.344 e. The fourth-order valence-corrected chi connectivity index (χ4v) is 7.04. The Bertz CT molecular complexity index is 1520. The van der Waals surface area contributed by atoms with Crippen LogP contribution in [0.3, 0.4) is 0 Å². The van der Waals surface area contributed by atoms with Crippen LogP contribution in [0.15, 0.2) is 48.9 Å². The van der Waals surface area contributed by atoms with Crippen molar-refractivity contribution in [3.05, 3.63) is 60.2 Å². The van der Waals surface area contributed by atoms with Gasteiger partial charge in [-0.25, -0.2) is 4.98 Å². The van der Waals surface area contributed by atoms with E-state index in [1.165, 1.54) is 18.6 Å². The first kappa shape index (κ1) is 38.1. The SMILES string of the molecule is CCCC(NC(=O)[C@@H]1[C@H]2CCC[C@H]2CN1C(=O)[C@@H](NC(=O)[C@H](NC(=O)c1cnccn1)C(C)C)C(C)C)C(=O)C(=O)N[C@@H](C)c1ccccc1. The Balaban J connectivity index is 1.49. The van der Waals surface area contributed by atoms with Crippen LogP contribution in [0.5, 0.6) is 0 Å². The number of fused-ring (bicyclic) bond motifs is 1. The molecule has 1 aromatic carbocycles. The van der Waals surface area contributed by atoms with Gasteiger partial charge in [0.1, 0.15) is 23.8 Å². The number of hydrogen-bond donors (Lipinski definition) is 4. The highest BCUT2D eigenvalue weighted by atomic mass is 16.2. The predicted octanol–water partition coefficient (Wildman–Crippen LogP) is 2.73. The Kier molecular flexibility index (Phi) is 13.2. The number of carbonyl (C=O) groups excluding carboxylic acids is 6. The molecule has 1 unspecified atom stereocenters. The van der Waals surface area contributed by atoms with Crippen molar-refractivity contribution in [1.29, 1.82) is 0 Å². The third kappa shape index (κ3) is 9.10. The largest absolute Gasteiger partial charge is 0.344 e. The Labute approximate surface area is 294 Å². The summed E-state index contributed by atoms with van der Waals surface area (Å²) in [5, 5.41) is 11.2. The summed E-state index contributed by atoms with van der Waals surface area (Å²) in [6.45, 7) is 11.2. The van der Waals surface area contributed by atoms with Crippen LogP contribution in [0.25, 0.3) is 0 Å². The van der Waals surface area contributed by atoms with Gasteiger partial charge in [-0.1, -0.05) is 77.8 Å². The number of nitrogens with zero attached hydrogens (tertiary/aromatic N) is 3. The normalized spacial score (nSPS) is 20.7. The third-order valence-electron chi connectivity index (χ3n) is 9.79. The lowest BCUT2D eigenvalue weighted by Crippen LogP contribution is -2.60. The molecule has 1 aliphatic carbocycles. The van der Waals surface area contributed by atoms with Gasteiger partial charge in [-0.2, -0.15) is 0 Å². The quantitative estimate of drug-likeness (QED) is 0.206. The summed E-state index contributed by atoms with van der Waals surface area (Å²) in [4.78, 5) is 90.8. The van der Waals surface area contributed by atoms with Crippen molar-refractivity contribution in [1.82, 2.24) is 36.1 Å². The maximum atomic E-state index is 14.3. The highest BCUT2D eigenvalue weighted by Crippen LogP contribution is 2.42. The Morgan fingerprint density at radius 3 is 2.18 bits per heavy atom. The number of carbonyl (C=O) groups is 6. The van der Waals surface area contributed by atoms with Gasteiger partial charge >= 0.3 is 0 Å². The van der Waals surface area contributed by atoms with Crippen LogP contribution in [-0.2, 0) is 24.0 Å². The lowest BCUT2D eigenvalue weighted by molar-refractivity contribution is -0.145. The van der Waals surface area contributed by atoms with E-state index in [0.717, 1.165) is 24.8 Å². The molecule has 1 saturated carbocycles. The van der Waals surface area contributed by atoms with E-state index >= 15 is 0 Å². The van der Waals surface area contributed by atoms with Crippen molar-refractivity contribution >= 4 is 35.3 Å². The standard InChI is InChI=1S/C37H51N7O6/c1-7-12-27(32(45)36(49)40-23(6)24-13-9-8-10-14-24)41-35(48)31-26-16-11-15-25(26)20-44(31)37(50)30(22(4)5)43-34(47)29(21(2)3)42-33(46)28-19-38-17-18-39-28/h8-10,13-14,17-19,21-23,25-27,29-31H,7,11-12,15-16,20H2,1-6H3,(H,40,49)(H,41,48)(H,42,46)(H,43,47)/t23-,25-,26-,27?,29+,30-,31-/m0/s1. The number of rotatable bonds is 15. The highest BCUT2D eigenvalue weighted by molar-refractivity contribution is 6.38. The molecule has 2 fully saturated rings. The zero-order valence-electron chi connectivity index (χ0n) is 29.8. The summed E-state index contributed by atoms with van der Waals surface area (Å²) < 4.78 is 0. The first-order valence-electron chi connectivity index (χ1n) is 17.7. The van der Waals surface area contributed by atoms with Crippen molar-refractivity contribution < 1.29 is 28.8 Å². The molecule has 2 aliphatic rings. The van der Waals surface area contributed by atoms with Crippen molar-refractivity contribution in [2.24, 2.45) is 23.7 Å². The summed E-state index contributed by atoms with van der Waals surface area (Å²) in [6.07, 6.45) is 7.45. The molecule has 7 atom stereocenters. The minimum atomic E-state index is -1.06. The van der Waals surface area contributed by atoms with Gasteiger partial charge < -0.3 is 26.2 Å². The summed E-state index contributed by atoms with van der Waals surface area (Å²) in [5.41, 5.74) is 0.902. The van der Waals surface area contributed by atoms with Crippen LogP contribution in [0, 0.1) is 23.7 Å². The first-order valence-corrected chi connectivity index (χ1v) is 17.7.